The average molecular weight is 359 g/mol. The Balaban J connectivity index is 3.70. The van der Waals surface area contributed by atoms with Gasteiger partial charge in [0.05, 0.1) is 10.5 Å². The molecule has 0 radical (unpaired) electrons. The topological polar surface area (TPSA) is 60.2 Å². The van der Waals surface area contributed by atoms with Gasteiger partial charge in [-0.15, -0.1) is 0 Å². The number of hydrogen-bond donors (Lipinski definition) is 0. The van der Waals surface area contributed by atoms with Crippen LogP contribution in [0.15, 0.2) is 12.1 Å². The lowest BCUT2D eigenvalue weighted by Gasteiger charge is -2.10. The quantitative estimate of drug-likeness (QED) is 0.352. The smallest absolute Gasteiger partial charge is 0.294 e. The van der Waals surface area contributed by atoms with Gasteiger partial charge in [0.1, 0.15) is 5.56 Å². The lowest BCUT2D eigenvalue weighted by Crippen LogP contribution is -2.13. The van der Waals surface area contributed by atoms with Crippen LogP contribution in [0.1, 0.15) is 22.8 Å². The van der Waals surface area contributed by atoms with Crippen molar-refractivity contribution in [3.63, 3.8) is 0 Å². The molecular formula is C9H5F3INO3. The Labute approximate surface area is 107 Å². The molecule has 8 heteroatoms. The number of carbonyl (C=O) groups is 1. The zero-order valence-corrected chi connectivity index (χ0v) is 10.5. The third-order valence-electron chi connectivity index (χ3n) is 1.94. The molecule has 17 heavy (non-hydrogen) atoms. The molecule has 1 aromatic carbocycles. The molecule has 0 aliphatic rings. The summed E-state index contributed by atoms with van der Waals surface area (Å²) in [5, 5.41) is 10.7. The average Bonchev–Trinajstić information content (AvgIpc) is 2.14. The molecule has 0 saturated carbocycles. The lowest BCUT2D eigenvalue weighted by molar-refractivity contribution is -0.388. The molecular weight excluding hydrogens is 354 g/mol. The second-order valence-corrected chi connectivity index (χ2v) is 4.41. The Kier molecular flexibility index (Phi) is 3.74. The predicted octanol–water partition coefficient (Wildman–Crippen LogP) is 3.42. The van der Waals surface area contributed by atoms with Gasteiger partial charge < -0.3 is 0 Å². The summed E-state index contributed by atoms with van der Waals surface area (Å²) < 4.78 is 38.0. The Morgan fingerprint density at radius 1 is 1.41 bits per heavy atom. The number of benzene rings is 1. The summed E-state index contributed by atoms with van der Waals surface area (Å²) in [6.07, 6.45) is -4.87. The summed E-state index contributed by atoms with van der Waals surface area (Å²) in [6, 6.07) is 1.71. The van der Waals surface area contributed by atoms with E-state index in [1.165, 1.54) is 0 Å². The van der Waals surface area contributed by atoms with Gasteiger partial charge in [-0.05, 0) is 41.6 Å². The molecule has 0 spiro atoms. The number of hydrogen-bond acceptors (Lipinski definition) is 3. The summed E-state index contributed by atoms with van der Waals surface area (Å²) >= 11 is 1.57. The lowest BCUT2D eigenvalue weighted by atomic mass is 10.0. The Morgan fingerprint density at radius 2 is 1.94 bits per heavy atom. The van der Waals surface area contributed by atoms with E-state index in [0.717, 1.165) is 13.0 Å². The van der Waals surface area contributed by atoms with Gasteiger partial charge in [-0.2, -0.15) is 13.2 Å². The SMILES string of the molecule is CC(=O)c1cc(I)cc(C(F)(F)F)c1[N+](=O)[O-]. The highest BCUT2D eigenvalue weighted by molar-refractivity contribution is 14.1. The second kappa shape index (κ2) is 4.59. The van der Waals surface area contributed by atoms with E-state index in [-0.39, 0.29) is 3.57 Å². The first-order chi connectivity index (χ1) is 7.64. The maximum absolute atomic E-state index is 12.6. The van der Waals surface area contributed by atoms with Crippen LogP contribution in [0.2, 0.25) is 0 Å². The number of Topliss-reactive ketones (excluding diaryl/α,β-unsaturated/α-hetero) is 1. The van der Waals surface area contributed by atoms with Crippen LogP contribution in [-0.4, -0.2) is 10.7 Å². The zero-order chi connectivity index (χ0) is 13.4. The Morgan fingerprint density at radius 3 is 2.29 bits per heavy atom. The maximum Gasteiger partial charge on any atom is 0.423 e. The predicted molar refractivity (Wildman–Crippen MR) is 60.8 cm³/mol. The highest BCUT2D eigenvalue weighted by atomic mass is 127. The molecule has 0 N–H and O–H groups in total. The van der Waals surface area contributed by atoms with Crippen LogP contribution in [0.3, 0.4) is 0 Å². The Hall–Kier alpha value is -1.19. The number of halogens is 4. The fourth-order valence-electron chi connectivity index (χ4n) is 1.28. The first-order valence-electron chi connectivity index (χ1n) is 4.20. The van der Waals surface area contributed by atoms with Crippen molar-refractivity contribution in [1.29, 1.82) is 0 Å². The van der Waals surface area contributed by atoms with Crippen LogP contribution in [0.4, 0.5) is 18.9 Å². The molecule has 0 fully saturated rings. The number of ketones is 1. The third-order valence-corrected chi connectivity index (χ3v) is 2.56. The number of nitro groups is 1. The largest absolute Gasteiger partial charge is 0.423 e. The van der Waals surface area contributed by atoms with E-state index in [1.807, 2.05) is 0 Å². The summed E-state index contributed by atoms with van der Waals surface area (Å²) in [6.45, 7) is 0.985. The van der Waals surface area contributed by atoms with Gasteiger partial charge in [-0.1, -0.05) is 0 Å². The molecule has 0 atom stereocenters. The minimum Gasteiger partial charge on any atom is -0.294 e. The van der Waals surface area contributed by atoms with Crippen LogP contribution in [0, 0.1) is 13.7 Å². The molecule has 0 unspecified atom stereocenters. The first kappa shape index (κ1) is 13.9. The maximum atomic E-state index is 12.6. The van der Waals surface area contributed by atoms with Crippen molar-refractivity contribution < 1.29 is 22.9 Å². The highest BCUT2D eigenvalue weighted by Crippen LogP contribution is 2.39. The van der Waals surface area contributed by atoms with Crippen LogP contribution < -0.4 is 0 Å². The monoisotopic (exact) mass is 359 g/mol. The minimum atomic E-state index is -4.87. The van der Waals surface area contributed by atoms with Gasteiger partial charge in [-0.25, -0.2) is 0 Å². The van der Waals surface area contributed by atoms with Crippen LogP contribution in [0.25, 0.3) is 0 Å². The van der Waals surface area contributed by atoms with Gasteiger partial charge in [0.2, 0.25) is 0 Å². The van der Waals surface area contributed by atoms with Crippen LogP contribution in [0.5, 0.6) is 0 Å². The summed E-state index contributed by atoms with van der Waals surface area (Å²) in [5.74, 6) is -0.777. The van der Waals surface area contributed by atoms with Gasteiger partial charge in [0, 0.05) is 3.57 Å². The molecule has 0 amide bonds. The minimum absolute atomic E-state index is 0.116. The van der Waals surface area contributed by atoms with E-state index in [4.69, 9.17) is 0 Å². The van der Waals surface area contributed by atoms with E-state index in [2.05, 4.69) is 0 Å². The summed E-state index contributed by atoms with van der Waals surface area (Å²) in [4.78, 5) is 20.6. The second-order valence-electron chi connectivity index (χ2n) is 3.16. The van der Waals surface area contributed by atoms with E-state index in [1.54, 1.807) is 22.6 Å². The molecule has 1 rings (SSSR count). The molecule has 0 aromatic heterocycles. The molecule has 0 saturated heterocycles. The first-order valence-corrected chi connectivity index (χ1v) is 5.28. The van der Waals surface area contributed by atoms with Gasteiger partial charge in [0.25, 0.3) is 5.69 Å². The highest BCUT2D eigenvalue weighted by Gasteiger charge is 2.40. The van der Waals surface area contributed by atoms with E-state index >= 15 is 0 Å². The van der Waals surface area contributed by atoms with Gasteiger partial charge in [0.15, 0.2) is 5.78 Å². The fraction of sp³-hybridized carbons (Fsp3) is 0.222. The molecule has 0 bridgehead atoms. The number of rotatable bonds is 2. The van der Waals surface area contributed by atoms with E-state index < -0.39 is 33.7 Å². The van der Waals surface area contributed by atoms with Crippen molar-refractivity contribution in [3.05, 3.63) is 36.9 Å². The number of carbonyl (C=O) groups excluding carboxylic acids is 1. The van der Waals surface area contributed by atoms with Crippen molar-refractivity contribution in [2.75, 3.05) is 0 Å². The number of nitro benzene ring substituents is 1. The van der Waals surface area contributed by atoms with E-state index in [0.29, 0.717) is 6.07 Å². The number of nitrogens with zero attached hydrogens (tertiary/aromatic N) is 1. The van der Waals surface area contributed by atoms with Gasteiger partial charge in [-0.3, -0.25) is 14.9 Å². The van der Waals surface area contributed by atoms with Crippen molar-refractivity contribution in [2.24, 2.45) is 0 Å². The van der Waals surface area contributed by atoms with Crippen LogP contribution >= 0.6 is 22.6 Å². The fourth-order valence-corrected chi connectivity index (χ4v) is 1.90. The normalized spacial score (nSPS) is 11.4. The van der Waals surface area contributed by atoms with Crippen molar-refractivity contribution in [1.82, 2.24) is 0 Å². The van der Waals surface area contributed by atoms with Crippen molar-refractivity contribution in [3.8, 4) is 0 Å². The van der Waals surface area contributed by atoms with Crippen molar-refractivity contribution in [2.45, 2.75) is 13.1 Å². The molecule has 0 aliphatic heterocycles. The van der Waals surface area contributed by atoms with Crippen LogP contribution in [-0.2, 0) is 6.18 Å². The van der Waals surface area contributed by atoms with E-state index in [9.17, 15) is 28.1 Å². The molecule has 0 heterocycles. The molecule has 4 nitrogen and oxygen atoms in total. The molecule has 92 valence electrons. The molecule has 0 aliphatic carbocycles. The summed E-state index contributed by atoms with van der Waals surface area (Å²) in [5.41, 5.74) is -3.13. The third kappa shape index (κ3) is 2.93. The summed E-state index contributed by atoms with van der Waals surface area (Å²) in [7, 11) is 0. The standard InChI is InChI=1S/C9H5F3INO3/c1-4(15)6-2-5(13)3-7(9(10,11)12)8(6)14(16)17/h2-3H,1H3. The Bertz CT molecular complexity index is 499. The van der Waals surface area contributed by atoms with Gasteiger partial charge >= 0.3 is 6.18 Å². The molecule has 1 aromatic rings. The zero-order valence-electron chi connectivity index (χ0n) is 8.34. The van der Waals surface area contributed by atoms with Crippen molar-refractivity contribution >= 4 is 34.1 Å². The number of alkyl halides is 3.